The van der Waals surface area contributed by atoms with E-state index in [1.165, 1.54) is 57.8 Å². The smallest absolute Gasteiger partial charge is 0.0440 e. The Hall–Kier alpha value is -0.530. The first-order valence-electron chi connectivity index (χ1n) is 7.13. The van der Waals surface area contributed by atoms with E-state index in [-0.39, 0.29) is 0 Å². The molecule has 0 atom stereocenters. The fraction of sp³-hybridized carbons (Fsp3) is 0.929. The number of rotatable bonds is 3. The van der Waals surface area contributed by atoms with Crippen molar-refractivity contribution in [1.29, 1.82) is 0 Å². The van der Waals surface area contributed by atoms with Crippen molar-refractivity contribution in [2.45, 2.75) is 70.8 Å². The lowest BCUT2D eigenvalue weighted by atomic mass is 9.84. The second kappa shape index (κ2) is 6.27. The van der Waals surface area contributed by atoms with Crippen molar-refractivity contribution in [3.05, 3.63) is 0 Å². The van der Waals surface area contributed by atoms with Gasteiger partial charge in [0.1, 0.15) is 0 Å². The molecule has 0 radical (unpaired) electrons. The van der Waals surface area contributed by atoms with Crippen LogP contribution in [-0.2, 0) is 0 Å². The normalized spacial score (nSPS) is 33.1. The average Bonchev–Trinajstić information content (AvgIpc) is 2.33. The lowest BCUT2D eigenvalue weighted by Gasteiger charge is -2.24. The van der Waals surface area contributed by atoms with Gasteiger partial charge in [0.25, 0.3) is 0 Å². The van der Waals surface area contributed by atoms with Crippen LogP contribution in [0.3, 0.4) is 0 Å². The van der Waals surface area contributed by atoms with Gasteiger partial charge in [-0.15, -0.1) is 0 Å². The molecule has 0 aliphatic heterocycles. The Labute approximate surface area is 99.9 Å². The molecule has 2 heteroatoms. The summed E-state index contributed by atoms with van der Waals surface area (Å²) in [5.74, 6) is 1.68. The van der Waals surface area contributed by atoms with Gasteiger partial charge in [-0.1, -0.05) is 39.0 Å². The SMILES string of the molecule is CC1CCC(/C=N/NC2CCCCC2)CC1. The van der Waals surface area contributed by atoms with Crippen LogP contribution in [0.15, 0.2) is 5.10 Å². The first kappa shape index (κ1) is 11.9. The fourth-order valence-electron chi connectivity index (χ4n) is 2.92. The third kappa shape index (κ3) is 3.80. The van der Waals surface area contributed by atoms with Crippen LogP contribution in [0.1, 0.15) is 64.7 Å². The Bertz CT molecular complexity index is 211. The summed E-state index contributed by atoms with van der Waals surface area (Å²) in [7, 11) is 0. The topological polar surface area (TPSA) is 24.4 Å². The molecule has 2 aliphatic carbocycles. The van der Waals surface area contributed by atoms with Gasteiger partial charge in [-0.3, -0.25) is 0 Å². The average molecular weight is 222 g/mol. The molecule has 16 heavy (non-hydrogen) atoms. The van der Waals surface area contributed by atoms with E-state index in [0.717, 1.165) is 11.8 Å². The Morgan fingerprint density at radius 2 is 1.62 bits per heavy atom. The maximum Gasteiger partial charge on any atom is 0.0440 e. The number of nitrogens with one attached hydrogen (secondary N) is 1. The quantitative estimate of drug-likeness (QED) is 0.571. The van der Waals surface area contributed by atoms with Crippen LogP contribution < -0.4 is 5.43 Å². The van der Waals surface area contributed by atoms with E-state index in [2.05, 4.69) is 23.7 Å². The van der Waals surface area contributed by atoms with E-state index in [4.69, 9.17) is 0 Å². The van der Waals surface area contributed by atoms with Crippen LogP contribution in [-0.4, -0.2) is 12.3 Å². The molecule has 0 unspecified atom stereocenters. The Morgan fingerprint density at radius 1 is 0.938 bits per heavy atom. The van der Waals surface area contributed by atoms with Crippen LogP contribution in [0.5, 0.6) is 0 Å². The third-order valence-electron chi connectivity index (χ3n) is 4.21. The van der Waals surface area contributed by atoms with Crippen molar-refractivity contribution in [3.8, 4) is 0 Å². The first-order chi connectivity index (χ1) is 7.84. The molecule has 92 valence electrons. The van der Waals surface area contributed by atoms with Gasteiger partial charge in [0, 0.05) is 12.3 Å². The molecular formula is C14H26N2. The minimum absolute atomic E-state index is 0.660. The Balaban J connectivity index is 1.64. The maximum absolute atomic E-state index is 4.47. The van der Waals surface area contributed by atoms with Crippen LogP contribution >= 0.6 is 0 Å². The van der Waals surface area contributed by atoms with Gasteiger partial charge in [-0.05, 0) is 37.5 Å². The van der Waals surface area contributed by atoms with Crippen molar-refractivity contribution in [1.82, 2.24) is 5.43 Å². The maximum atomic E-state index is 4.47. The molecule has 0 heterocycles. The molecule has 0 saturated heterocycles. The molecule has 1 N–H and O–H groups in total. The number of nitrogens with zero attached hydrogens (tertiary/aromatic N) is 1. The lowest BCUT2D eigenvalue weighted by Crippen LogP contribution is -2.27. The molecule has 2 fully saturated rings. The van der Waals surface area contributed by atoms with Gasteiger partial charge < -0.3 is 5.43 Å². The molecule has 2 nitrogen and oxygen atoms in total. The number of hydrazone groups is 1. The second-order valence-electron chi connectivity index (χ2n) is 5.76. The molecule has 2 aliphatic rings. The van der Waals surface area contributed by atoms with E-state index in [1.54, 1.807) is 0 Å². The Kier molecular flexibility index (Phi) is 4.68. The molecule has 2 rings (SSSR count). The summed E-state index contributed by atoms with van der Waals surface area (Å²) in [5, 5.41) is 4.47. The van der Waals surface area contributed by atoms with Crippen LogP contribution in [0.4, 0.5) is 0 Å². The standard InChI is InChI=1S/C14H26N2/c1-12-7-9-13(10-8-12)11-15-16-14-5-3-2-4-6-14/h11-14,16H,2-10H2,1H3/b15-11+. The number of hydrogen-bond acceptors (Lipinski definition) is 2. The Morgan fingerprint density at radius 3 is 2.31 bits per heavy atom. The molecule has 0 aromatic carbocycles. The van der Waals surface area contributed by atoms with Crippen molar-refractivity contribution in [3.63, 3.8) is 0 Å². The van der Waals surface area contributed by atoms with E-state index in [0.29, 0.717) is 6.04 Å². The minimum Gasteiger partial charge on any atom is -0.307 e. The monoisotopic (exact) mass is 222 g/mol. The molecule has 0 spiro atoms. The summed E-state index contributed by atoms with van der Waals surface area (Å²) >= 11 is 0. The second-order valence-corrected chi connectivity index (χ2v) is 5.76. The molecule has 2 saturated carbocycles. The third-order valence-corrected chi connectivity index (χ3v) is 4.21. The zero-order valence-corrected chi connectivity index (χ0v) is 10.6. The van der Waals surface area contributed by atoms with Gasteiger partial charge in [-0.25, -0.2) is 0 Å². The highest BCUT2D eigenvalue weighted by atomic mass is 15.3. The highest BCUT2D eigenvalue weighted by molar-refractivity contribution is 5.60. The molecule has 0 bridgehead atoms. The van der Waals surface area contributed by atoms with Crippen molar-refractivity contribution in [2.24, 2.45) is 16.9 Å². The summed E-state index contributed by atoms with van der Waals surface area (Å²) in [6.45, 7) is 2.37. The summed E-state index contributed by atoms with van der Waals surface area (Å²) in [6.07, 6.45) is 14.5. The van der Waals surface area contributed by atoms with Gasteiger partial charge >= 0.3 is 0 Å². The zero-order valence-electron chi connectivity index (χ0n) is 10.6. The van der Waals surface area contributed by atoms with E-state index in [1.807, 2.05) is 0 Å². The van der Waals surface area contributed by atoms with Crippen molar-refractivity contribution < 1.29 is 0 Å². The van der Waals surface area contributed by atoms with E-state index in [9.17, 15) is 0 Å². The minimum atomic E-state index is 0.660. The summed E-state index contributed by atoms with van der Waals surface area (Å²) < 4.78 is 0. The van der Waals surface area contributed by atoms with Gasteiger partial charge in [0.05, 0.1) is 0 Å². The predicted octanol–water partition coefficient (Wildman–Crippen LogP) is 3.72. The highest BCUT2D eigenvalue weighted by Gasteiger charge is 2.16. The van der Waals surface area contributed by atoms with Crippen LogP contribution in [0, 0.1) is 11.8 Å². The summed E-state index contributed by atoms with van der Waals surface area (Å²) in [6, 6.07) is 0.660. The van der Waals surface area contributed by atoms with E-state index >= 15 is 0 Å². The molecule has 0 aromatic heterocycles. The van der Waals surface area contributed by atoms with Gasteiger partial charge in [0.2, 0.25) is 0 Å². The van der Waals surface area contributed by atoms with E-state index < -0.39 is 0 Å². The summed E-state index contributed by atoms with van der Waals surface area (Å²) in [5.41, 5.74) is 3.35. The fourth-order valence-corrected chi connectivity index (χ4v) is 2.92. The molecular weight excluding hydrogens is 196 g/mol. The van der Waals surface area contributed by atoms with Crippen LogP contribution in [0.25, 0.3) is 0 Å². The van der Waals surface area contributed by atoms with Gasteiger partial charge in [-0.2, -0.15) is 5.10 Å². The van der Waals surface area contributed by atoms with Crippen molar-refractivity contribution in [2.75, 3.05) is 0 Å². The molecule has 0 aromatic rings. The largest absolute Gasteiger partial charge is 0.307 e. The first-order valence-corrected chi connectivity index (χ1v) is 7.13. The molecule has 0 amide bonds. The van der Waals surface area contributed by atoms with Crippen molar-refractivity contribution >= 4 is 6.21 Å². The highest BCUT2D eigenvalue weighted by Crippen LogP contribution is 2.27. The number of hydrogen-bond donors (Lipinski definition) is 1. The van der Waals surface area contributed by atoms with Crippen LogP contribution in [0.2, 0.25) is 0 Å². The summed E-state index contributed by atoms with van der Waals surface area (Å²) in [4.78, 5) is 0. The lowest BCUT2D eigenvalue weighted by molar-refractivity contribution is 0.343. The zero-order chi connectivity index (χ0) is 11.2. The predicted molar refractivity (Wildman–Crippen MR) is 69.6 cm³/mol. The van der Waals surface area contributed by atoms with Gasteiger partial charge in [0.15, 0.2) is 0 Å².